The van der Waals surface area contributed by atoms with Crippen LogP contribution in [0.1, 0.15) is 0 Å². The van der Waals surface area contributed by atoms with Gasteiger partial charge < -0.3 is 4.52 Å². The fourth-order valence-corrected chi connectivity index (χ4v) is 1.70. The summed E-state index contributed by atoms with van der Waals surface area (Å²) in [6.07, 6.45) is 0. The molecule has 7 nitrogen and oxygen atoms in total. The molecule has 0 saturated carbocycles. The summed E-state index contributed by atoms with van der Waals surface area (Å²) in [6.45, 7) is 0. The number of hydrogen-bond donors (Lipinski definition) is 0. The fraction of sp³-hybridized carbons (Fsp3) is 0. The first-order valence-corrected chi connectivity index (χ1v) is 5.73. The lowest BCUT2D eigenvalue weighted by Crippen LogP contribution is -1.94. The Morgan fingerprint density at radius 1 is 1.31 bits per heavy atom. The first kappa shape index (κ1) is 13.2. The van der Waals surface area contributed by atoms with Gasteiger partial charge in [0.25, 0.3) is 5.69 Å². The standard InChI is InChI=1S/C6H4Cl2NO6P/c7-14-16(12,15-8)13-6-3-1-2-5(4-6)9(10)11/h1-4H. The van der Waals surface area contributed by atoms with Crippen molar-refractivity contribution in [3.05, 3.63) is 34.4 Å². The van der Waals surface area contributed by atoms with Gasteiger partial charge in [-0.2, -0.15) is 8.15 Å². The highest BCUT2D eigenvalue weighted by molar-refractivity contribution is 7.50. The van der Waals surface area contributed by atoms with E-state index >= 15 is 0 Å². The molecule has 0 amide bonds. The topological polar surface area (TPSA) is 87.9 Å². The van der Waals surface area contributed by atoms with Crippen molar-refractivity contribution in [2.24, 2.45) is 0 Å². The third-order valence-corrected chi connectivity index (χ3v) is 3.20. The minimum Gasteiger partial charge on any atom is -0.402 e. The summed E-state index contributed by atoms with van der Waals surface area (Å²) in [5.41, 5.74) is -0.256. The van der Waals surface area contributed by atoms with E-state index in [1.54, 1.807) is 0 Å². The summed E-state index contributed by atoms with van der Waals surface area (Å²) in [7, 11) is -4.14. The maximum Gasteiger partial charge on any atom is 0.563 e. The van der Waals surface area contributed by atoms with Gasteiger partial charge in [-0.25, -0.2) is 4.57 Å². The molecule has 16 heavy (non-hydrogen) atoms. The minimum atomic E-state index is -4.14. The second kappa shape index (κ2) is 5.47. The molecule has 0 N–H and O–H groups in total. The highest BCUT2D eigenvalue weighted by Gasteiger charge is 2.29. The molecule has 0 aromatic heterocycles. The van der Waals surface area contributed by atoms with Crippen LogP contribution in [0.3, 0.4) is 0 Å². The summed E-state index contributed by atoms with van der Waals surface area (Å²) in [5.74, 6) is -0.126. The largest absolute Gasteiger partial charge is 0.563 e. The molecule has 0 aliphatic carbocycles. The summed E-state index contributed by atoms with van der Waals surface area (Å²) in [4.78, 5) is 9.77. The molecule has 1 rings (SSSR count). The van der Waals surface area contributed by atoms with Gasteiger partial charge in [0.05, 0.1) is 34.7 Å². The van der Waals surface area contributed by atoms with E-state index in [0.29, 0.717) is 0 Å². The molecule has 0 spiro atoms. The van der Waals surface area contributed by atoms with E-state index in [2.05, 4.69) is 12.7 Å². The molecule has 0 aliphatic heterocycles. The van der Waals surface area contributed by atoms with Gasteiger partial charge in [0.15, 0.2) is 0 Å². The Morgan fingerprint density at radius 2 is 1.94 bits per heavy atom. The van der Waals surface area contributed by atoms with Crippen LogP contribution in [-0.4, -0.2) is 4.92 Å². The maximum absolute atomic E-state index is 11.3. The minimum absolute atomic E-state index is 0.126. The molecule has 0 radical (unpaired) electrons. The van der Waals surface area contributed by atoms with E-state index in [1.807, 2.05) is 0 Å². The molecule has 0 saturated heterocycles. The van der Waals surface area contributed by atoms with Crippen molar-refractivity contribution < 1.29 is 22.2 Å². The van der Waals surface area contributed by atoms with Crippen LogP contribution in [-0.2, 0) is 12.7 Å². The average Bonchev–Trinajstić information content (AvgIpc) is 2.29. The molecule has 0 unspecified atom stereocenters. The first-order valence-electron chi connectivity index (χ1n) is 3.65. The van der Waals surface area contributed by atoms with Gasteiger partial charge in [0, 0.05) is 6.07 Å². The molecule has 1 aromatic rings. The number of phosphoric acid groups is 1. The van der Waals surface area contributed by atoms with Gasteiger partial charge in [0.1, 0.15) is 5.75 Å². The average molecular weight is 288 g/mol. The van der Waals surface area contributed by atoms with Crippen molar-refractivity contribution in [3.8, 4) is 5.75 Å². The number of hydrogen-bond acceptors (Lipinski definition) is 6. The van der Waals surface area contributed by atoms with Gasteiger partial charge in [-0.1, -0.05) is 6.07 Å². The van der Waals surface area contributed by atoms with Crippen LogP contribution in [0.4, 0.5) is 5.69 Å². The Morgan fingerprint density at radius 3 is 2.44 bits per heavy atom. The second-order valence-corrected chi connectivity index (χ2v) is 4.61. The van der Waals surface area contributed by atoms with E-state index in [1.165, 1.54) is 18.2 Å². The Bertz CT molecular complexity index is 433. The smallest absolute Gasteiger partial charge is 0.402 e. The number of rotatable bonds is 5. The van der Waals surface area contributed by atoms with Crippen molar-refractivity contribution in [2.75, 3.05) is 0 Å². The Balaban J connectivity index is 2.93. The lowest BCUT2D eigenvalue weighted by Gasteiger charge is -2.09. The summed E-state index contributed by atoms with van der Waals surface area (Å²) >= 11 is 9.66. The van der Waals surface area contributed by atoms with E-state index in [0.717, 1.165) is 6.07 Å². The molecule has 0 aliphatic rings. The van der Waals surface area contributed by atoms with Crippen molar-refractivity contribution in [1.29, 1.82) is 0 Å². The van der Waals surface area contributed by atoms with Crippen molar-refractivity contribution in [2.45, 2.75) is 0 Å². The van der Waals surface area contributed by atoms with Crippen LogP contribution in [0, 0.1) is 10.1 Å². The summed E-state index contributed by atoms with van der Waals surface area (Å²) in [5, 5.41) is 10.4. The molecule has 10 heteroatoms. The van der Waals surface area contributed by atoms with Crippen LogP contribution in [0.2, 0.25) is 0 Å². The summed E-state index contributed by atoms with van der Waals surface area (Å²) in [6, 6.07) is 4.85. The van der Waals surface area contributed by atoms with Crippen molar-refractivity contribution in [1.82, 2.24) is 0 Å². The highest BCUT2D eigenvalue weighted by atomic mass is 35.5. The summed E-state index contributed by atoms with van der Waals surface area (Å²) < 4.78 is 23.7. The first-order chi connectivity index (χ1) is 7.50. The van der Waals surface area contributed by atoms with Gasteiger partial charge in [-0.15, -0.1) is 0 Å². The molecular weight excluding hydrogens is 284 g/mol. The quantitative estimate of drug-likeness (QED) is 0.468. The lowest BCUT2D eigenvalue weighted by molar-refractivity contribution is -0.384. The number of non-ortho nitro benzene ring substituents is 1. The highest BCUT2D eigenvalue weighted by Crippen LogP contribution is 2.51. The molecule has 0 heterocycles. The van der Waals surface area contributed by atoms with Gasteiger partial charge >= 0.3 is 7.82 Å². The van der Waals surface area contributed by atoms with Gasteiger partial charge in [-0.3, -0.25) is 10.1 Å². The lowest BCUT2D eigenvalue weighted by atomic mass is 10.3. The van der Waals surface area contributed by atoms with Gasteiger partial charge in [-0.05, 0) is 6.07 Å². The zero-order valence-electron chi connectivity index (χ0n) is 7.41. The molecule has 0 atom stereocenters. The number of nitrogens with zero attached hydrogens (tertiary/aromatic N) is 1. The van der Waals surface area contributed by atoms with Crippen LogP contribution < -0.4 is 4.52 Å². The van der Waals surface area contributed by atoms with Crippen LogP contribution in [0.5, 0.6) is 5.75 Å². The second-order valence-electron chi connectivity index (χ2n) is 2.43. The number of benzene rings is 1. The third kappa shape index (κ3) is 3.33. The molecule has 1 aromatic carbocycles. The number of nitro groups is 1. The predicted octanol–water partition coefficient (Wildman–Crippen LogP) is 3.42. The molecule has 88 valence electrons. The van der Waals surface area contributed by atoms with Crippen molar-refractivity contribution >= 4 is 37.2 Å². The van der Waals surface area contributed by atoms with Gasteiger partial charge in [0.2, 0.25) is 0 Å². The SMILES string of the molecule is O=[N+]([O-])c1cccc(OP(=O)(OCl)OCl)c1. The predicted molar refractivity (Wildman–Crippen MR) is 55.2 cm³/mol. The normalized spacial score (nSPS) is 11.1. The molecule has 0 bridgehead atoms. The maximum atomic E-state index is 11.3. The zero-order chi connectivity index (χ0) is 12.2. The van der Waals surface area contributed by atoms with Crippen LogP contribution >= 0.6 is 31.6 Å². The van der Waals surface area contributed by atoms with Crippen molar-refractivity contribution in [3.63, 3.8) is 0 Å². The third-order valence-electron chi connectivity index (χ3n) is 1.41. The Labute approximate surface area is 99.9 Å². The molecule has 0 fully saturated rings. The van der Waals surface area contributed by atoms with Crippen LogP contribution in [0.25, 0.3) is 0 Å². The Kier molecular flexibility index (Phi) is 4.52. The van der Waals surface area contributed by atoms with E-state index in [-0.39, 0.29) is 11.4 Å². The zero-order valence-corrected chi connectivity index (χ0v) is 9.82. The molecular formula is C6H4Cl2NO6P. The van der Waals surface area contributed by atoms with E-state index < -0.39 is 12.7 Å². The monoisotopic (exact) mass is 287 g/mol. The Hall–Kier alpha value is -0.850. The number of nitro benzene ring substituents is 1. The number of halogens is 2. The van der Waals surface area contributed by atoms with E-state index in [9.17, 15) is 14.7 Å². The van der Waals surface area contributed by atoms with Crippen LogP contribution in [0.15, 0.2) is 24.3 Å². The van der Waals surface area contributed by atoms with E-state index in [4.69, 9.17) is 23.7 Å². The fourth-order valence-electron chi connectivity index (χ4n) is 0.822.